The summed E-state index contributed by atoms with van der Waals surface area (Å²) in [7, 11) is 4.50. The SMILES string of the molecule is C[C@@H](c1ccccc1)N(C)C1c2cccc(c2)[C@H](N(C)[C@@H](C)c2ccccc2)c2c(ccc3ccccc23)OCc2cccc(n2)COc2ccc3ccccc3c21. The molecule has 0 fully saturated rings. The predicted octanol–water partition coefficient (Wildman–Crippen LogP) is 12.4. The Labute approximate surface area is 342 Å². The highest BCUT2D eigenvalue weighted by molar-refractivity contribution is 5.90. The first-order valence-corrected chi connectivity index (χ1v) is 20.3. The van der Waals surface area contributed by atoms with Gasteiger partial charge in [-0.15, -0.1) is 0 Å². The number of ether oxygens (including phenoxy) is 2. The molecule has 4 atom stereocenters. The van der Waals surface area contributed by atoms with E-state index in [9.17, 15) is 0 Å². The number of benzene rings is 7. The molecule has 58 heavy (non-hydrogen) atoms. The number of hydrogen-bond donors (Lipinski definition) is 0. The minimum Gasteiger partial charge on any atom is -0.487 e. The third-order valence-electron chi connectivity index (χ3n) is 12.2. The Kier molecular flexibility index (Phi) is 10.5. The van der Waals surface area contributed by atoms with Gasteiger partial charge in [-0.25, -0.2) is 0 Å². The molecule has 0 aliphatic carbocycles. The molecule has 5 heteroatoms. The fraction of sp³-hybridized carbons (Fsp3) is 0.189. The van der Waals surface area contributed by atoms with Crippen LogP contribution in [-0.2, 0) is 13.2 Å². The highest BCUT2D eigenvalue weighted by Gasteiger charge is 2.33. The van der Waals surface area contributed by atoms with Crippen LogP contribution in [0.2, 0.25) is 0 Å². The van der Waals surface area contributed by atoms with Gasteiger partial charge in [-0.2, -0.15) is 0 Å². The lowest BCUT2D eigenvalue weighted by Crippen LogP contribution is -2.31. The Hall–Kier alpha value is -6.27. The fourth-order valence-corrected chi connectivity index (χ4v) is 8.85. The van der Waals surface area contributed by atoms with Crippen molar-refractivity contribution in [2.24, 2.45) is 0 Å². The highest BCUT2D eigenvalue weighted by atomic mass is 16.5. The van der Waals surface area contributed by atoms with Crippen molar-refractivity contribution in [3.8, 4) is 11.5 Å². The van der Waals surface area contributed by atoms with Gasteiger partial charge >= 0.3 is 0 Å². The number of pyridine rings is 1. The first kappa shape index (κ1) is 37.3. The van der Waals surface area contributed by atoms with Crippen molar-refractivity contribution in [2.45, 2.75) is 51.2 Å². The molecule has 288 valence electrons. The zero-order valence-corrected chi connectivity index (χ0v) is 33.6. The standard InChI is InChI=1S/C53H49N3O2/c1-36(38-17-7-5-8-18-38)55(3)52-42-23-15-24-43(33-42)53(56(4)37(2)39-19-9-6-10-20-39)51-47-28-14-12-22-41(47)30-32-49(51)58-35-45-26-16-25-44(54-45)34-57-48-31-29-40-21-11-13-27-46(40)50(48)52/h5-33,36-37,52-53H,34-35H2,1-4H3/t36-,37-,52-,53?/m0/s1. The lowest BCUT2D eigenvalue weighted by molar-refractivity contribution is 0.202. The summed E-state index contributed by atoms with van der Waals surface area (Å²) in [5, 5.41) is 4.68. The van der Waals surface area contributed by atoms with Crippen molar-refractivity contribution in [3.05, 3.63) is 221 Å². The third kappa shape index (κ3) is 7.24. The summed E-state index contributed by atoms with van der Waals surface area (Å²) in [4.78, 5) is 10.1. The molecule has 0 radical (unpaired) electrons. The molecule has 4 bridgehead atoms. The van der Waals surface area contributed by atoms with Crippen molar-refractivity contribution in [3.63, 3.8) is 0 Å². The van der Waals surface area contributed by atoms with Crippen molar-refractivity contribution in [1.29, 1.82) is 0 Å². The number of aromatic nitrogens is 1. The van der Waals surface area contributed by atoms with E-state index in [-0.39, 0.29) is 24.2 Å². The molecule has 7 aromatic carbocycles. The molecule has 1 unspecified atom stereocenters. The number of nitrogens with zero attached hydrogens (tertiary/aromatic N) is 3. The van der Waals surface area contributed by atoms with Crippen LogP contribution in [0, 0.1) is 0 Å². The second kappa shape index (κ2) is 16.3. The highest BCUT2D eigenvalue weighted by Crippen LogP contribution is 2.46. The number of fused-ring (bicyclic) bond motifs is 10. The van der Waals surface area contributed by atoms with Crippen molar-refractivity contribution in [2.75, 3.05) is 14.1 Å². The summed E-state index contributed by atoms with van der Waals surface area (Å²) in [6, 6.07) is 62.8. The maximum atomic E-state index is 6.88. The third-order valence-corrected chi connectivity index (χ3v) is 12.2. The molecule has 1 aliphatic rings. The molecule has 0 N–H and O–H groups in total. The fourth-order valence-electron chi connectivity index (χ4n) is 8.85. The molecule has 1 aromatic heterocycles. The Balaban J connectivity index is 1.33. The van der Waals surface area contributed by atoms with Crippen LogP contribution in [0.25, 0.3) is 21.5 Å². The van der Waals surface area contributed by atoms with E-state index in [4.69, 9.17) is 14.5 Å². The first-order chi connectivity index (χ1) is 28.4. The van der Waals surface area contributed by atoms with Gasteiger partial charge in [-0.1, -0.05) is 152 Å². The largest absolute Gasteiger partial charge is 0.487 e. The average molecular weight is 760 g/mol. The maximum absolute atomic E-state index is 6.88. The predicted molar refractivity (Wildman–Crippen MR) is 236 cm³/mol. The van der Waals surface area contributed by atoms with E-state index >= 15 is 0 Å². The summed E-state index contributed by atoms with van der Waals surface area (Å²) in [5.74, 6) is 1.69. The summed E-state index contributed by atoms with van der Waals surface area (Å²) < 4.78 is 13.8. The van der Waals surface area contributed by atoms with E-state index in [1.165, 1.54) is 43.8 Å². The molecule has 9 rings (SSSR count). The Morgan fingerprint density at radius 3 is 1.34 bits per heavy atom. The molecule has 8 aromatic rings. The van der Waals surface area contributed by atoms with Gasteiger partial charge < -0.3 is 9.47 Å². The van der Waals surface area contributed by atoms with Crippen LogP contribution in [0.3, 0.4) is 0 Å². The lowest BCUT2D eigenvalue weighted by Gasteiger charge is -2.38. The average Bonchev–Trinajstić information content (AvgIpc) is 3.28. The molecule has 0 amide bonds. The number of hydrogen-bond acceptors (Lipinski definition) is 5. The van der Waals surface area contributed by atoms with Crippen LogP contribution < -0.4 is 9.47 Å². The second-order valence-corrected chi connectivity index (χ2v) is 15.6. The van der Waals surface area contributed by atoms with E-state index < -0.39 is 0 Å². The van der Waals surface area contributed by atoms with Gasteiger partial charge in [-0.05, 0) is 96.0 Å². The monoisotopic (exact) mass is 759 g/mol. The van der Waals surface area contributed by atoms with Crippen LogP contribution in [0.5, 0.6) is 11.5 Å². The first-order valence-electron chi connectivity index (χ1n) is 20.3. The topological polar surface area (TPSA) is 37.8 Å². The molecule has 0 saturated carbocycles. The second-order valence-electron chi connectivity index (χ2n) is 15.6. The number of rotatable bonds is 6. The van der Waals surface area contributed by atoms with E-state index in [0.29, 0.717) is 13.2 Å². The Morgan fingerprint density at radius 2 is 0.879 bits per heavy atom. The van der Waals surface area contributed by atoms with Gasteiger partial charge in [0.25, 0.3) is 0 Å². The molecule has 2 heterocycles. The van der Waals surface area contributed by atoms with Crippen LogP contribution in [0.1, 0.15) is 82.8 Å². The van der Waals surface area contributed by atoms with E-state index in [1.54, 1.807) is 0 Å². The van der Waals surface area contributed by atoms with Crippen LogP contribution in [0.15, 0.2) is 176 Å². The summed E-state index contributed by atoms with van der Waals surface area (Å²) in [5.41, 5.74) is 8.86. The zero-order chi connectivity index (χ0) is 39.6. The molecule has 0 saturated heterocycles. The van der Waals surface area contributed by atoms with E-state index in [0.717, 1.165) is 34.0 Å². The minimum absolute atomic E-state index is 0.0836. The van der Waals surface area contributed by atoms with Gasteiger partial charge in [0.05, 0.1) is 23.5 Å². The Bertz CT molecular complexity index is 2500. The van der Waals surface area contributed by atoms with E-state index in [2.05, 4.69) is 202 Å². The van der Waals surface area contributed by atoms with Gasteiger partial charge in [0.1, 0.15) is 24.7 Å². The maximum Gasteiger partial charge on any atom is 0.130 e. The quantitative estimate of drug-likeness (QED) is 0.169. The van der Waals surface area contributed by atoms with Crippen LogP contribution in [-0.4, -0.2) is 28.9 Å². The van der Waals surface area contributed by atoms with Crippen molar-refractivity contribution < 1.29 is 9.47 Å². The lowest BCUT2D eigenvalue weighted by atomic mass is 9.86. The molecular formula is C53H49N3O2. The van der Waals surface area contributed by atoms with Crippen molar-refractivity contribution in [1.82, 2.24) is 14.8 Å². The zero-order valence-electron chi connectivity index (χ0n) is 33.6. The molecule has 1 aliphatic heterocycles. The van der Waals surface area contributed by atoms with Gasteiger partial charge in [0.2, 0.25) is 0 Å². The molecular weight excluding hydrogens is 711 g/mol. The molecule has 0 spiro atoms. The van der Waals surface area contributed by atoms with Gasteiger partial charge in [-0.3, -0.25) is 14.8 Å². The summed E-state index contributed by atoms with van der Waals surface area (Å²) in [6.07, 6.45) is 0. The normalized spacial score (nSPS) is 16.6. The summed E-state index contributed by atoms with van der Waals surface area (Å²) >= 11 is 0. The van der Waals surface area contributed by atoms with E-state index in [1.807, 2.05) is 12.1 Å². The smallest absolute Gasteiger partial charge is 0.130 e. The van der Waals surface area contributed by atoms with Gasteiger partial charge in [0.15, 0.2) is 0 Å². The van der Waals surface area contributed by atoms with Crippen molar-refractivity contribution >= 4 is 21.5 Å². The van der Waals surface area contributed by atoms with Crippen LogP contribution >= 0.6 is 0 Å². The minimum atomic E-state index is -0.177. The van der Waals surface area contributed by atoms with Gasteiger partial charge in [0, 0.05) is 23.2 Å². The Morgan fingerprint density at radius 1 is 0.466 bits per heavy atom. The molecule has 5 nitrogen and oxygen atoms in total. The van der Waals surface area contributed by atoms with Crippen LogP contribution in [0.4, 0.5) is 0 Å². The summed E-state index contributed by atoms with van der Waals surface area (Å²) in [6.45, 7) is 5.26.